The lowest BCUT2D eigenvalue weighted by atomic mass is 10.6. The third-order valence-electron chi connectivity index (χ3n) is 0.341. The first-order valence-electron chi connectivity index (χ1n) is 1.64. The maximum atomic E-state index is 3.91. The first-order chi connectivity index (χ1) is 2.41. The van der Waals surface area contributed by atoms with Crippen molar-refractivity contribution < 1.29 is 0 Å². The largest absolute Gasteiger partial charge is 0.0913 e. The smallest absolute Gasteiger partial charge is 0.00608 e. The van der Waals surface area contributed by atoms with Gasteiger partial charge in [-0.3, -0.25) is 0 Å². The predicted molar refractivity (Wildman–Crippen MR) is 26.6 cm³/mol. The van der Waals surface area contributed by atoms with E-state index in [0.717, 1.165) is 6.16 Å². The lowest BCUT2D eigenvalue weighted by Gasteiger charge is -1.63. The van der Waals surface area contributed by atoms with Crippen LogP contribution < -0.4 is 0 Å². The zero-order valence-corrected chi connectivity index (χ0v) is 4.20. The third-order valence-corrected chi connectivity index (χ3v) is 0.552. The van der Waals surface area contributed by atoms with Crippen LogP contribution in [0.1, 0.15) is 6.92 Å². The van der Waals surface area contributed by atoms with Crippen molar-refractivity contribution in [3.05, 3.63) is 12.2 Å². The minimum atomic E-state index is 0.858. The van der Waals surface area contributed by atoms with Gasteiger partial charge in [0, 0.05) is 0 Å². The zero-order valence-electron chi connectivity index (χ0n) is 3.31. The molecule has 0 heterocycles. The van der Waals surface area contributed by atoms with E-state index in [1.54, 1.807) is 0 Å². The number of hydrogen-bond donors (Lipinski definition) is 0. The van der Waals surface area contributed by atoms with Gasteiger partial charge in [-0.25, -0.2) is 0 Å². The van der Waals surface area contributed by atoms with Crippen LogP contribution in [0.5, 0.6) is 0 Å². The van der Waals surface area contributed by atoms with Crippen molar-refractivity contribution in [3.63, 3.8) is 0 Å². The Labute approximate surface area is 35.5 Å². The van der Waals surface area contributed by atoms with Gasteiger partial charge in [0.25, 0.3) is 0 Å². The molecule has 0 aromatic carbocycles. The second-order valence-corrected chi connectivity index (χ2v) is 1.12. The van der Waals surface area contributed by atoms with Gasteiger partial charge < -0.3 is 0 Å². The van der Waals surface area contributed by atoms with Gasteiger partial charge in [-0.05, 0) is 22.3 Å². The average molecular weight is 86.1 g/mol. The summed E-state index contributed by atoms with van der Waals surface area (Å²) in [4.78, 5) is 0. The van der Waals surface area contributed by atoms with Crippen LogP contribution >= 0.6 is 9.24 Å². The monoisotopic (exact) mass is 86.0 g/mol. The van der Waals surface area contributed by atoms with E-state index >= 15 is 0 Å². The Bertz CT molecular complexity index is 30.6. The van der Waals surface area contributed by atoms with E-state index in [-0.39, 0.29) is 0 Å². The number of rotatable bonds is 1. The summed E-state index contributed by atoms with van der Waals surface area (Å²) in [7, 11) is 3.91. The molecule has 0 unspecified atom stereocenters. The van der Waals surface area contributed by atoms with Crippen molar-refractivity contribution in [3.8, 4) is 0 Å². The zero-order chi connectivity index (χ0) is 4.12. The van der Waals surface area contributed by atoms with E-state index in [9.17, 15) is 0 Å². The standard InChI is InChI=1S/C4H7P/c1-2-3-4-5/h2-3H,4H2,1H3. The molecular formula is C4H7P. The topological polar surface area (TPSA) is 0 Å². The Hall–Kier alpha value is 0.170. The maximum absolute atomic E-state index is 3.91. The Balaban J connectivity index is 2.62. The summed E-state index contributed by atoms with van der Waals surface area (Å²) >= 11 is 0. The summed E-state index contributed by atoms with van der Waals surface area (Å²) in [6.07, 6.45) is 4.83. The average Bonchev–Trinajstić information content (AvgIpc) is 1.41. The van der Waals surface area contributed by atoms with Gasteiger partial charge in [-0.15, -0.1) is 0 Å². The second kappa shape index (κ2) is 4.17. The summed E-state index contributed by atoms with van der Waals surface area (Å²) in [5.74, 6) is 0. The van der Waals surface area contributed by atoms with Crippen LogP contribution in [0.25, 0.3) is 0 Å². The van der Waals surface area contributed by atoms with Gasteiger partial charge in [0.1, 0.15) is 0 Å². The summed E-state index contributed by atoms with van der Waals surface area (Å²) < 4.78 is 0. The van der Waals surface area contributed by atoms with Crippen LogP contribution in [0.15, 0.2) is 12.2 Å². The molecule has 0 aliphatic heterocycles. The van der Waals surface area contributed by atoms with Crippen molar-refractivity contribution in [1.29, 1.82) is 0 Å². The fraction of sp³-hybridized carbons (Fsp3) is 0.500. The van der Waals surface area contributed by atoms with E-state index in [4.69, 9.17) is 0 Å². The fourth-order valence-electron chi connectivity index (χ4n) is 0.105. The summed E-state index contributed by atoms with van der Waals surface area (Å²) in [6.45, 7) is 1.98. The minimum Gasteiger partial charge on any atom is -0.0913 e. The van der Waals surface area contributed by atoms with Crippen molar-refractivity contribution in [2.45, 2.75) is 6.92 Å². The third kappa shape index (κ3) is 4.17. The lowest BCUT2D eigenvalue weighted by Crippen LogP contribution is -1.49. The van der Waals surface area contributed by atoms with Crippen LogP contribution in [0.3, 0.4) is 0 Å². The highest BCUT2D eigenvalue weighted by Gasteiger charge is 1.53. The molecular weight excluding hydrogens is 79.0 g/mol. The first kappa shape index (κ1) is 5.17. The van der Waals surface area contributed by atoms with Gasteiger partial charge in [0.05, 0.1) is 0 Å². The second-order valence-electron chi connectivity index (χ2n) is 0.752. The van der Waals surface area contributed by atoms with Crippen LogP contribution in [0, 0.1) is 0 Å². The molecule has 0 fully saturated rings. The van der Waals surface area contributed by atoms with Gasteiger partial charge >= 0.3 is 0 Å². The molecule has 0 aromatic rings. The number of hydrogen-bond acceptors (Lipinski definition) is 0. The highest BCUT2D eigenvalue weighted by molar-refractivity contribution is 7.16. The molecule has 28 valence electrons. The molecule has 0 aromatic heterocycles. The molecule has 0 rings (SSSR count). The molecule has 0 N–H and O–H groups in total. The van der Waals surface area contributed by atoms with Gasteiger partial charge in [0.2, 0.25) is 0 Å². The molecule has 0 atom stereocenters. The van der Waals surface area contributed by atoms with Crippen molar-refractivity contribution in [1.82, 2.24) is 0 Å². The van der Waals surface area contributed by atoms with E-state index in [2.05, 4.69) is 9.24 Å². The Morgan fingerprint density at radius 2 is 2.40 bits per heavy atom. The quantitative estimate of drug-likeness (QED) is 0.338. The first-order valence-corrected chi connectivity index (χ1v) is 2.27. The van der Waals surface area contributed by atoms with E-state index in [1.165, 1.54) is 0 Å². The normalized spacial score (nSPS) is 10.0. The Kier molecular flexibility index (Phi) is 4.31. The van der Waals surface area contributed by atoms with Crippen molar-refractivity contribution >= 4 is 9.24 Å². The van der Waals surface area contributed by atoms with Gasteiger partial charge in [-0.2, -0.15) is 0 Å². The van der Waals surface area contributed by atoms with Crippen LogP contribution in [0.2, 0.25) is 0 Å². The van der Waals surface area contributed by atoms with E-state index in [0.29, 0.717) is 0 Å². The molecule has 0 aliphatic carbocycles. The lowest BCUT2D eigenvalue weighted by molar-refractivity contribution is 1.66. The molecule has 0 saturated carbocycles. The molecule has 0 aliphatic rings. The van der Waals surface area contributed by atoms with Crippen LogP contribution in [0.4, 0.5) is 0 Å². The minimum absolute atomic E-state index is 0.858. The molecule has 2 radical (unpaired) electrons. The van der Waals surface area contributed by atoms with E-state index < -0.39 is 0 Å². The molecule has 1 heteroatoms. The summed E-state index contributed by atoms with van der Waals surface area (Å²) in [5, 5.41) is 0. The summed E-state index contributed by atoms with van der Waals surface area (Å²) in [5.41, 5.74) is 0. The molecule has 0 bridgehead atoms. The highest BCUT2D eigenvalue weighted by atomic mass is 31.0. The molecule has 0 spiro atoms. The Morgan fingerprint density at radius 3 is 2.40 bits per heavy atom. The fourth-order valence-corrected chi connectivity index (χ4v) is 0.316. The van der Waals surface area contributed by atoms with Crippen LogP contribution in [-0.4, -0.2) is 6.16 Å². The predicted octanol–water partition coefficient (Wildman–Crippen LogP) is 1.97. The summed E-state index contributed by atoms with van der Waals surface area (Å²) in [6, 6.07) is 0. The Morgan fingerprint density at radius 1 is 1.80 bits per heavy atom. The van der Waals surface area contributed by atoms with E-state index in [1.807, 2.05) is 19.1 Å². The SMILES string of the molecule is CC=CC[P]. The molecule has 5 heavy (non-hydrogen) atoms. The molecule has 0 nitrogen and oxygen atoms in total. The van der Waals surface area contributed by atoms with Gasteiger partial charge in [0.15, 0.2) is 0 Å². The van der Waals surface area contributed by atoms with Gasteiger partial charge in [-0.1, -0.05) is 12.2 Å². The molecule has 0 saturated heterocycles. The number of allylic oxidation sites excluding steroid dienone is 2. The van der Waals surface area contributed by atoms with Crippen molar-refractivity contribution in [2.24, 2.45) is 0 Å². The maximum Gasteiger partial charge on any atom is -0.00608 e. The van der Waals surface area contributed by atoms with Crippen LogP contribution in [-0.2, 0) is 0 Å². The molecule has 0 amide bonds. The highest BCUT2D eigenvalue weighted by Crippen LogP contribution is 1.78. The van der Waals surface area contributed by atoms with Crippen molar-refractivity contribution in [2.75, 3.05) is 6.16 Å².